The third-order valence-electron chi connectivity index (χ3n) is 4.66. The van der Waals surface area contributed by atoms with E-state index in [4.69, 9.17) is 9.47 Å². The van der Waals surface area contributed by atoms with Crippen molar-refractivity contribution in [2.24, 2.45) is 5.92 Å². The second kappa shape index (κ2) is 8.31. The van der Waals surface area contributed by atoms with Crippen molar-refractivity contribution in [1.29, 1.82) is 0 Å². The van der Waals surface area contributed by atoms with Gasteiger partial charge in [-0.3, -0.25) is 9.59 Å². The smallest absolute Gasteiger partial charge is 0.257 e. The fraction of sp³-hybridized carbons (Fsp3) is 0.333. The molecule has 146 valence electrons. The summed E-state index contributed by atoms with van der Waals surface area (Å²) in [5.41, 5.74) is 1.48. The van der Waals surface area contributed by atoms with Gasteiger partial charge in [0, 0.05) is 11.8 Å². The van der Waals surface area contributed by atoms with E-state index in [1.54, 1.807) is 42.5 Å². The minimum absolute atomic E-state index is 0.166. The number of benzene rings is 2. The normalized spacial score (nSPS) is 15.0. The standard InChI is InChI=1S/C21H23N3O4/c25-20(13-22-12-14-5-6-14)24-17-4-2-1-3-16(17)21(26)23-15-7-8-18-19(11-15)28-10-9-27-18/h1-4,7-8,11,14,22H,5-6,9-10,12-13H2,(H,23,26)(H,24,25). The van der Waals surface area contributed by atoms with Gasteiger partial charge in [0.2, 0.25) is 5.91 Å². The first kappa shape index (κ1) is 18.3. The number of nitrogens with one attached hydrogen (secondary N) is 3. The lowest BCUT2D eigenvalue weighted by atomic mass is 10.1. The van der Waals surface area contributed by atoms with Gasteiger partial charge in [-0.05, 0) is 49.6 Å². The van der Waals surface area contributed by atoms with Gasteiger partial charge in [-0.2, -0.15) is 0 Å². The second-order valence-electron chi connectivity index (χ2n) is 6.98. The molecular weight excluding hydrogens is 358 g/mol. The fourth-order valence-corrected chi connectivity index (χ4v) is 3.02. The first-order valence-corrected chi connectivity index (χ1v) is 9.49. The summed E-state index contributed by atoms with van der Waals surface area (Å²) in [6.45, 7) is 2.09. The number of rotatable bonds is 7. The zero-order valence-electron chi connectivity index (χ0n) is 15.5. The maximum atomic E-state index is 12.7. The number of amides is 2. The molecule has 0 spiro atoms. The van der Waals surface area contributed by atoms with E-state index in [2.05, 4.69) is 16.0 Å². The number of para-hydroxylation sites is 1. The van der Waals surface area contributed by atoms with Gasteiger partial charge in [-0.25, -0.2) is 0 Å². The van der Waals surface area contributed by atoms with Crippen molar-refractivity contribution >= 4 is 23.2 Å². The molecule has 1 aliphatic carbocycles. The Morgan fingerprint density at radius 1 is 0.964 bits per heavy atom. The van der Waals surface area contributed by atoms with E-state index in [0.29, 0.717) is 47.6 Å². The molecule has 0 aromatic heterocycles. The monoisotopic (exact) mass is 381 g/mol. The number of carbonyl (C=O) groups excluding carboxylic acids is 2. The average Bonchev–Trinajstić information content (AvgIpc) is 3.52. The Morgan fingerprint density at radius 2 is 1.75 bits per heavy atom. The fourth-order valence-electron chi connectivity index (χ4n) is 3.02. The predicted octanol–water partition coefficient (Wildman–Crippen LogP) is 2.65. The molecule has 1 heterocycles. The van der Waals surface area contributed by atoms with Crippen molar-refractivity contribution < 1.29 is 19.1 Å². The summed E-state index contributed by atoms with van der Waals surface area (Å²) in [6.07, 6.45) is 2.47. The van der Waals surface area contributed by atoms with Crippen LogP contribution in [-0.4, -0.2) is 38.1 Å². The molecule has 4 rings (SSSR count). The van der Waals surface area contributed by atoms with Gasteiger partial charge in [0.05, 0.1) is 17.8 Å². The molecule has 2 amide bonds. The lowest BCUT2D eigenvalue weighted by molar-refractivity contribution is -0.115. The van der Waals surface area contributed by atoms with Crippen LogP contribution in [0.3, 0.4) is 0 Å². The molecule has 0 bridgehead atoms. The van der Waals surface area contributed by atoms with Gasteiger partial charge >= 0.3 is 0 Å². The maximum absolute atomic E-state index is 12.7. The van der Waals surface area contributed by atoms with Crippen molar-refractivity contribution in [3.8, 4) is 11.5 Å². The molecule has 3 N–H and O–H groups in total. The van der Waals surface area contributed by atoms with Gasteiger partial charge in [0.25, 0.3) is 5.91 Å². The SMILES string of the molecule is O=C(CNCC1CC1)Nc1ccccc1C(=O)Nc1ccc2c(c1)OCCO2. The summed E-state index contributed by atoms with van der Waals surface area (Å²) in [6, 6.07) is 12.2. The van der Waals surface area contributed by atoms with E-state index in [1.165, 1.54) is 12.8 Å². The van der Waals surface area contributed by atoms with E-state index in [9.17, 15) is 9.59 Å². The number of hydrogen-bond acceptors (Lipinski definition) is 5. The molecule has 7 nitrogen and oxygen atoms in total. The Kier molecular flexibility index (Phi) is 5.43. The maximum Gasteiger partial charge on any atom is 0.257 e. The summed E-state index contributed by atoms with van der Waals surface area (Å²) < 4.78 is 11.0. The van der Waals surface area contributed by atoms with Crippen LogP contribution in [0.25, 0.3) is 0 Å². The van der Waals surface area contributed by atoms with Crippen LogP contribution in [0, 0.1) is 5.92 Å². The third-order valence-corrected chi connectivity index (χ3v) is 4.66. The van der Waals surface area contributed by atoms with Gasteiger partial charge in [-0.15, -0.1) is 0 Å². The molecule has 0 atom stereocenters. The van der Waals surface area contributed by atoms with Gasteiger partial charge in [-0.1, -0.05) is 12.1 Å². The van der Waals surface area contributed by atoms with Crippen LogP contribution in [0.2, 0.25) is 0 Å². The highest BCUT2D eigenvalue weighted by atomic mass is 16.6. The summed E-state index contributed by atoms with van der Waals surface area (Å²) >= 11 is 0. The molecule has 7 heteroatoms. The zero-order valence-corrected chi connectivity index (χ0v) is 15.5. The molecule has 0 saturated heterocycles. The van der Waals surface area contributed by atoms with Crippen molar-refractivity contribution in [3.63, 3.8) is 0 Å². The molecule has 1 aliphatic heterocycles. The molecular formula is C21H23N3O4. The number of anilines is 2. The second-order valence-corrected chi connectivity index (χ2v) is 6.98. The number of ether oxygens (including phenoxy) is 2. The summed E-state index contributed by atoms with van der Waals surface area (Å²) in [5, 5.41) is 8.81. The molecule has 2 aromatic rings. The molecule has 0 unspecified atom stereocenters. The number of fused-ring (bicyclic) bond motifs is 1. The van der Waals surface area contributed by atoms with Crippen LogP contribution < -0.4 is 25.4 Å². The Bertz CT molecular complexity index is 880. The van der Waals surface area contributed by atoms with E-state index in [1.807, 2.05) is 0 Å². The van der Waals surface area contributed by atoms with E-state index in [0.717, 1.165) is 6.54 Å². The van der Waals surface area contributed by atoms with Crippen LogP contribution >= 0.6 is 0 Å². The van der Waals surface area contributed by atoms with Crippen LogP contribution in [0.1, 0.15) is 23.2 Å². The minimum Gasteiger partial charge on any atom is -0.486 e. The summed E-state index contributed by atoms with van der Waals surface area (Å²) in [5.74, 6) is 1.50. The highest BCUT2D eigenvalue weighted by Crippen LogP contribution is 2.33. The van der Waals surface area contributed by atoms with Crippen LogP contribution in [0.5, 0.6) is 11.5 Å². The lowest BCUT2D eigenvalue weighted by Crippen LogP contribution is -2.30. The molecule has 1 saturated carbocycles. The summed E-state index contributed by atoms with van der Waals surface area (Å²) in [7, 11) is 0. The van der Waals surface area contributed by atoms with Crippen LogP contribution in [0.4, 0.5) is 11.4 Å². The number of carbonyl (C=O) groups is 2. The first-order valence-electron chi connectivity index (χ1n) is 9.49. The van der Waals surface area contributed by atoms with Crippen molar-refractivity contribution in [2.45, 2.75) is 12.8 Å². The van der Waals surface area contributed by atoms with E-state index < -0.39 is 0 Å². The van der Waals surface area contributed by atoms with Crippen LogP contribution in [0.15, 0.2) is 42.5 Å². The predicted molar refractivity (Wildman–Crippen MR) is 106 cm³/mol. The topological polar surface area (TPSA) is 88.7 Å². The van der Waals surface area contributed by atoms with Crippen molar-refractivity contribution in [2.75, 3.05) is 36.9 Å². The van der Waals surface area contributed by atoms with Gasteiger partial charge in [0.1, 0.15) is 13.2 Å². The van der Waals surface area contributed by atoms with Gasteiger partial charge in [0.15, 0.2) is 11.5 Å². The largest absolute Gasteiger partial charge is 0.486 e. The highest BCUT2D eigenvalue weighted by Gasteiger charge is 2.21. The molecule has 2 aliphatic rings. The Morgan fingerprint density at radius 3 is 2.57 bits per heavy atom. The molecule has 1 fully saturated rings. The minimum atomic E-state index is -0.307. The quantitative estimate of drug-likeness (QED) is 0.686. The summed E-state index contributed by atoms with van der Waals surface area (Å²) in [4.78, 5) is 24.9. The highest BCUT2D eigenvalue weighted by molar-refractivity contribution is 6.10. The van der Waals surface area contributed by atoms with Gasteiger partial charge < -0.3 is 25.4 Å². The van der Waals surface area contributed by atoms with E-state index >= 15 is 0 Å². The zero-order chi connectivity index (χ0) is 19.3. The van der Waals surface area contributed by atoms with Crippen molar-refractivity contribution in [3.05, 3.63) is 48.0 Å². The molecule has 2 aromatic carbocycles. The Balaban J connectivity index is 1.40. The Hall–Kier alpha value is -3.06. The molecule has 0 radical (unpaired) electrons. The molecule has 28 heavy (non-hydrogen) atoms. The first-order chi connectivity index (χ1) is 13.7. The van der Waals surface area contributed by atoms with Crippen LogP contribution in [-0.2, 0) is 4.79 Å². The average molecular weight is 381 g/mol. The Labute approximate surface area is 163 Å². The third kappa shape index (κ3) is 4.61. The number of hydrogen-bond donors (Lipinski definition) is 3. The van der Waals surface area contributed by atoms with Crippen molar-refractivity contribution in [1.82, 2.24) is 5.32 Å². The lowest BCUT2D eigenvalue weighted by Gasteiger charge is -2.19. The van der Waals surface area contributed by atoms with E-state index in [-0.39, 0.29) is 18.4 Å².